The molecule has 154 valence electrons. The number of imidazole rings is 1. The van der Waals surface area contributed by atoms with Gasteiger partial charge in [-0.1, -0.05) is 23.7 Å². The van der Waals surface area contributed by atoms with E-state index in [1.165, 1.54) is 0 Å². The number of nitrogens with zero attached hydrogens (tertiary/aromatic N) is 4. The minimum Gasteiger partial charge on any atom is -0.340 e. The van der Waals surface area contributed by atoms with Gasteiger partial charge in [-0.05, 0) is 50.2 Å². The molecule has 4 heterocycles. The molecule has 2 aromatic heterocycles. The lowest BCUT2D eigenvalue weighted by molar-refractivity contribution is -0.145. The van der Waals surface area contributed by atoms with Crippen LogP contribution < -0.4 is 5.32 Å². The molecule has 7 heteroatoms. The molecular formula is C23H24ClN5O. The topological polar surface area (TPSA) is 63.1 Å². The molecule has 1 aromatic carbocycles. The molecule has 0 aliphatic carbocycles. The van der Waals surface area contributed by atoms with Gasteiger partial charge < -0.3 is 14.8 Å². The number of carbonyl (C=O) groups excluding carboxylic acids is 1. The van der Waals surface area contributed by atoms with E-state index in [1.807, 2.05) is 45.9 Å². The van der Waals surface area contributed by atoms with E-state index in [4.69, 9.17) is 11.6 Å². The van der Waals surface area contributed by atoms with Gasteiger partial charge in [0, 0.05) is 47.0 Å². The quantitative estimate of drug-likeness (QED) is 0.700. The minimum absolute atomic E-state index is 0.148. The zero-order valence-corrected chi connectivity index (χ0v) is 17.5. The van der Waals surface area contributed by atoms with E-state index in [2.05, 4.69) is 15.3 Å². The van der Waals surface area contributed by atoms with Crippen molar-refractivity contribution in [2.45, 2.75) is 19.4 Å². The first-order valence-corrected chi connectivity index (χ1v) is 10.7. The van der Waals surface area contributed by atoms with Gasteiger partial charge in [-0.3, -0.25) is 9.78 Å². The van der Waals surface area contributed by atoms with E-state index in [9.17, 15) is 4.79 Å². The summed E-state index contributed by atoms with van der Waals surface area (Å²) in [6.07, 6.45) is 7.60. The van der Waals surface area contributed by atoms with Gasteiger partial charge in [-0.15, -0.1) is 0 Å². The van der Waals surface area contributed by atoms with E-state index in [-0.39, 0.29) is 12.5 Å². The summed E-state index contributed by atoms with van der Waals surface area (Å²) < 4.78 is 1.95. The predicted molar refractivity (Wildman–Crippen MR) is 117 cm³/mol. The molecule has 3 aromatic rings. The molecule has 6 nitrogen and oxygen atoms in total. The summed E-state index contributed by atoms with van der Waals surface area (Å²) in [7, 11) is 0. The molecule has 2 fully saturated rings. The van der Waals surface area contributed by atoms with Crippen molar-refractivity contribution in [1.29, 1.82) is 0 Å². The molecule has 0 radical (unpaired) electrons. The Morgan fingerprint density at radius 2 is 1.73 bits per heavy atom. The number of amides is 1. The number of hydrogen-bond acceptors (Lipinski definition) is 4. The number of pyridine rings is 1. The molecule has 0 unspecified atom stereocenters. The van der Waals surface area contributed by atoms with Crippen LogP contribution in [-0.2, 0) is 11.3 Å². The van der Waals surface area contributed by atoms with Gasteiger partial charge >= 0.3 is 0 Å². The summed E-state index contributed by atoms with van der Waals surface area (Å²) in [6, 6.07) is 11.5. The van der Waals surface area contributed by atoms with Crippen molar-refractivity contribution in [2.24, 2.45) is 5.41 Å². The first-order chi connectivity index (χ1) is 14.6. The maximum Gasteiger partial charge on any atom is 0.242 e. The van der Waals surface area contributed by atoms with Crippen LogP contribution in [0.25, 0.3) is 22.5 Å². The van der Waals surface area contributed by atoms with Crippen LogP contribution in [0.5, 0.6) is 0 Å². The van der Waals surface area contributed by atoms with E-state index in [0.717, 1.165) is 61.5 Å². The predicted octanol–water partition coefficient (Wildman–Crippen LogP) is 3.48. The van der Waals surface area contributed by atoms with Crippen LogP contribution in [-0.4, -0.2) is 51.5 Å². The van der Waals surface area contributed by atoms with Crippen LogP contribution in [0, 0.1) is 5.41 Å². The molecular weight excluding hydrogens is 398 g/mol. The highest BCUT2D eigenvalue weighted by molar-refractivity contribution is 6.30. The summed E-state index contributed by atoms with van der Waals surface area (Å²) in [5.74, 6) is 0.148. The van der Waals surface area contributed by atoms with E-state index < -0.39 is 0 Å². The Bertz CT molecular complexity index is 1030. The summed E-state index contributed by atoms with van der Waals surface area (Å²) in [6.45, 7) is 4.14. The van der Waals surface area contributed by atoms with Crippen molar-refractivity contribution in [3.05, 3.63) is 60.1 Å². The first-order valence-electron chi connectivity index (χ1n) is 10.3. The van der Waals surface area contributed by atoms with Crippen molar-refractivity contribution in [1.82, 2.24) is 24.8 Å². The van der Waals surface area contributed by atoms with Gasteiger partial charge in [0.1, 0.15) is 6.54 Å². The third-order valence-electron chi connectivity index (χ3n) is 6.28. The van der Waals surface area contributed by atoms with Crippen molar-refractivity contribution in [3.8, 4) is 22.5 Å². The molecule has 1 N–H and O–H groups in total. The van der Waals surface area contributed by atoms with E-state index >= 15 is 0 Å². The molecule has 1 amide bonds. The molecule has 1 spiro atoms. The Balaban J connectivity index is 1.41. The Morgan fingerprint density at radius 3 is 2.43 bits per heavy atom. The van der Waals surface area contributed by atoms with Crippen molar-refractivity contribution in [3.63, 3.8) is 0 Å². The standard InChI is InChI=1S/C23H24ClN5O/c24-19-3-1-17(2-4-19)21-22(18-5-9-25-10-6-18)28(16-27-21)13-20(30)29-14-23(15-29)7-11-26-12-8-23/h1-6,9-10,16,26H,7-8,11-15H2. The second-order valence-electron chi connectivity index (χ2n) is 8.31. The molecule has 2 saturated heterocycles. The van der Waals surface area contributed by atoms with Crippen LogP contribution in [0.3, 0.4) is 0 Å². The summed E-state index contributed by atoms with van der Waals surface area (Å²) >= 11 is 6.06. The number of hydrogen-bond donors (Lipinski definition) is 1. The van der Waals surface area contributed by atoms with Crippen molar-refractivity contribution in [2.75, 3.05) is 26.2 Å². The first kappa shape index (κ1) is 19.3. The Labute approximate surface area is 180 Å². The van der Waals surface area contributed by atoms with Gasteiger partial charge in [0.2, 0.25) is 5.91 Å². The molecule has 2 aliphatic rings. The lowest BCUT2D eigenvalue weighted by Crippen LogP contribution is -2.62. The van der Waals surface area contributed by atoms with Gasteiger partial charge in [-0.2, -0.15) is 0 Å². The zero-order valence-electron chi connectivity index (χ0n) is 16.7. The van der Waals surface area contributed by atoms with E-state index in [1.54, 1.807) is 18.7 Å². The largest absolute Gasteiger partial charge is 0.340 e. The van der Waals surface area contributed by atoms with Gasteiger partial charge in [0.25, 0.3) is 0 Å². The smallest absolute Gasteiger partial charge is 0.242 e. The van der Waals surface area contributed by atoms with E-state index in [0.29, 0.717) is 10.4 Å². The molecule has 30 heavy (non-hydrogen) atoms. The van der Waals surface area contributed by atoms with Crippen LogP contribution >= 0.6 is 11.6 Å². The fourth-order valence-electron chi connectivity index (χ4n) is 4.59. The number of nitrogens with one attached hydrogen (secondary N) is 1. The summed E-state index contributed by atoms with van der Waals surface area (Å²) in [5.41, 5.74) is 4.04. The number of benzene rings is 1. The summed E-state index contributed by atoms with van der Waals surface area (Å²) in [5, 5.41) is 4.09. The number of aromatic nitrogens is 3. The number of carbonyl (C=O) groups is 1. The summed E-state index contributed by atoms with van der Waals surface area (Å²) in [4.78, 5) is 23.8. The van der Waals surface area contributed by atoms with Gasteiger partial charge in [0.15, 0.2) is 0 Å². The lowest BCUT2D eigenvalue weighted by atomic mass is 9.72. The molecule has 0 atom stereocenters. The normalized spacial score (nSPS) is 17.7. The van der Waals surface area contributed by atoms with Gasteiger partial charge in [-0.25, -0.2) is 4.98 Å². The lowest BCUT2D eigenvalue weighted by Gasteiger charge is -2.52. The number of likely N-dealkylation sites (tertiary alicyclic amines) is 1. The van der Waals surface area contributed by atoms with Crippen LogP contribution in [0.15, 0.2) is 55.1 Å². The molecule has 0 bridgehead atoms. The third kappa shape index (κ3) is 3.61. The number of piperidine rings is 1. The highest BCUT2D eigenvalue weighted by Crippen LogP contribution is 2.39. The number of halogens is 1. The highest BCUT2D eigenvalue weighted by atomic mass is 35.5. The third-order valence-corrected chi connectivity index (χ3v) is 6.54. The Morgan fingerprint density at radius 1 is 1.03 bits per heavy atom. The SMILES string of the molecule is O=C(Cn1cnc(-c2ccc(Cl)cc2)c1-c1ccncc1)N1CC2(CCNCC2)C1. The second-order valence-corrected chi connectivity index (χ2v) is 8.75. The Hall–Kier alpha value is -2.70. The molecule has 2 aliphatic heterocycles. The number of rotatable bonds is 4. The monoisotopic (exact) mass is 421 g/mol. The maximum absolute atomic E-state index is 13.0. The van der Waals surface area contributed by atoms with Crippen LogP contribution in [0.2, 0.25) is 5.02 Å². The van der Waals surface area contributed by atoms with Crippen LogP contribution in [0.4, 0.5) is 0 Å². The maximum atomic E-state index is 13.0. The zero-order chi connectivity index (χ0) is 20.6. The van der Waals surface area contributed by atoms with Crippen molar-refractivity contribution >= 4 is 17.5 Å². The van der Waals surface area contributed by atoms with Gasteiger partial charge in [0.05, 0.1) is 17.7 Å². The highest BCUT2D eigenvalue weighted by Gasteiger charge is 2.45. The minimum atomic E-state index is 0.148. The Kier molecular flexibility index (Phi) is 5.05. The molecule has 5 rings (SSSR count). The van der Waals surface area contributed by atoms with Crippen LogP contribution in [0.1, 0.15) is 12.8 Å². The average molecular weight is 422 g/mol. The average Bonchev–Trinajstić information content (AvgIpc) is 3.17. The molecule has 0 saturated carbocycles. The fourth-order valence-corrected chi connectivity index (χ4v) is 4.72. The fraction of sp³-hybridized carbons (Fsp3) is 0.348. The second kappa shape index (κ2) is 7.85. The van der Waals surface area contributed by atoms with Crippen molar-refractivity contribution < 1.29 is 4.79 Å².